The first kappa shape index (κ1) is 18.1. The summed E-state index contributed by atoms with van der Waals surface area (Å²) in [5, 5.41) is 10.6. The molecule has 0 bridgehead atoms. The number of ether oxygens (including phenoxy) is 1. The number of rotatable bonds is 9. The molecule has 0 aliphatic rings. The van der Waals surface area contributed by atoms with Crippen molar-refractivity contribution < 1.29 is 14.5 Å². The number of hydrogen-bond donors (Lipinski definition) is 0. The van der Waals surface area contributed by atoms with Gasteiger partial charge in [-0.1, -0.05) is 32.6 Å². The van der Waals surface area contributed by atoms with Crippen molar-refractivity contribution in [3.8, 4) is 0 Å². The molecule has 5 nitrogen and oxygen atoms in total. The minimum Gasteiger partial charge on any atom is -0.456 e. The van der Waals surface area contributed by atoms with E-state index in [0.717, 1.165) is 19.3 Å². The number of carbonyl (C=O) groups excluding carboxylic acids is 1. The fourth-order valence-electron chi connectivity index (χ4n) is 2.23. The van der Waals surface area contributed by atoms with E-state index in [-0.39, 0.29) is 5.69 Å². The number of nitrogens with zero attached hydrogens (tertiary/aromatic N) is 1. The van der Waals surface area contributed by atoms with Gasteiger partial charge in [-0.15, -0.1) is 0 Å². The maximum absolute atomic E-state index is 12.1. The summed E-state index contributed by atoms with van der Waals surface area (Å²) in [6.45, 7) is 5.97. The van der Waals surface area contributed by atoms with E-state index in [1.807, 2.05) is 13.8 Å². The molecule has 0 unspecified atom stereocenters. The molecule has 0 aromatic heterocycles. The van der Waals surface area contributed by atoms with Crippen molar-refractivity contribution in [2.75, 3.05) is 0 Å². The Hall–Kier alpha value is -1.91. The molecule has 0 aliphatic heterocycles. The lowest BCUT2D eigenvalue weighted by Crippen LogP contribution is -2.28. The zero-order valence-electron chi connectivity index (χ0n) is 13.6. The van der Waals surface area contributed by atoms with Crippen LogP contribution in [0.4, 0.5) is 5.69 Å². The molecule has 0 spiro atoms. The lowest BCUT2D eigenvalue weighted by molar-refractivity contribution is -0.384. The van der Waals surface area contributed by atoms with Crippen molar-refractivity contribution >= 4 is 11.7 Å². The van der Waals surface area contributed by atoms with Crippen molar-refractivity contribution in [3.05, 3.63) is 39.9 Å². The average Bonchev–Trinajstić information content (AvgIpc) is 2.46. The van der Waals surface area contributed by atoms with Crippen LogP contribution in [0.2, 0.25) is 0 Å². The minimum absolute atomic E-state index is 0.0354. The highest BCUT2D eigenvalue weighted by atomic mass is 16.6. The Morgan fingerprint density at radius 1 is 1.14 bits per heavy atom. The monoisotopic (exact) mass is 307 g/mol. The van der Waals surface area contributed by atoms with E-state index in [1.54, 1.807) is 0 Å². The smallest absolute Gasteiger partial charge is 0.338 e. The van der Waals surface area contributed by atoms with Crippen molar-refractivity contribution in [1.82, 2.24) is 0 Å². The van der Waals surface area contributed by atoms with Crippen LogP contribution < -0.4 is 0 Å². The van der Waals surface area contributed by atoms with Gasteiger partial charge in [0.1, 0.15) is 5.60 Å². The minimum atomic E-state index is -0.523. The summed E-state index contributed by atoms with van der Waals surface area (Å²) in [7, 11) is 0. The summed E-state index contributed by atoms with van der Waals surface area (Å²) in [5.74, 6) is -0.437. The molecule has 0 saturated heterocycles. The molecule has 0 saturated carbocycles. The van der Waals surface area contributed by atoms with Gasteiger partial charge in [-0.2, -0.15) is 0 Å². The van der Waals surface area contributed by atoms with Crippen molar-refractivity contribution in [2.45, 2.75) is 64.9 Å². The number of benzene rings is 1. The molecule has 0 amide bonds. The van der Waals surface area contributed by atoms with Crippen LogP contribution >= 0.6 is 0 Å². The number of nitro benzene ring substituents is 1. The lowest BCUT2D eigenvalue weighted by atomic mass is 9.99. The Balaban J connectivity index is 2.49. The fourth-order valence-corrected chi connectivity index (χ4v) is 2.23. The third-order valence-corrected chi connectivity index (χ3v) is 3.57. The first-order valence-electron chi connectivity index (χ1n) is 7.83. The number of hydrogen-bond acceptors (Lipinski definition) is 4. The number of carbonyl (C=O) groups is 1. The zero-order chi connectivity index (χ0) is 16.6. The van der Waals surface area contributed by atoms with Crippen LogP contribution in [0.1, 0.15) is 69.7 Å². The third-order valence-electron chi connectivity index (χ3n) is 3.57. The number of non-ortho nitro benzene ring substituents is 1. The van der Waals surface area contributed by atoms with Crippen LogP contribution in [0.25, 0.3) is 0 Å². The molecule has 0 N–H and O–H groups in total. The van der Waals surface area contributed by atoms with Crippen molar-refractivity contribution in [1.29, 1.82) is 0 Å². The summed E-state index contributed by atoms with van der Waals surface area (Å²) in [6.07, 6.45) is 6.65. The molecule has 0 heterocycles. The van der Waals surface area contributed by atoms with Crippen LogP contribution in [-0.4, -0.2) is 16.5 Å². The maximum Gasteiger partial charge on any atom is 0.338 e. The first-order chi connectivity index (χ1) is 10.4. The van der Waals surface area contributed by atoms with E-state index >= 15 is 0 Å². The summed E-state index contributed by atoms with van der Waals surface area (Å²) in [5.41, 5.74) is -0.221. The number of unbranched alkanes of at least 4 members (excludes halogenated alkanes) is 4. The molecule has 0 aliphatic carbocycles. The molecule has 1 aromatic rings. The van der Waals surface area contributed by atoms with Crippen LogP contribution in [0.5, 0.6) is 0 Å². The SMILES string of the molecule is CCCCCCCC(C)(C)OC(=O)c1ccc([N+](=O)[O-])cc1. The molecular formula is C17H25NO4. The molecule has 1 rings (SSSR count). The molecule has 0 fully saturated rings. The highest BCUT2D eigenvalue weighted by Crippen LogP contribution is 2.22. The van der Waals surface area contributed by atoms with E-state index in [0.29, 0.717) is 5.56 Å². The number of esters is 1. The normalized spacial score (nSPS) is 11.2. The molecule has 0 atom stereocenters. The lowest BCUT2D eigenvalue weighted by Gasteiger charge is -2.25. The Bertz CT molecular complexity index is 494. The largest absolute Gasteiger partial charge is 0.456 e. The van der Waals surface area contributed by atoms with Crippen LogP contribution in [0.15, 0.2) is 24.3 Å². The Morgan fingerprint density at radius 3 is 2.27 bits per heavy atom. The summed E-state index contributed by atoms with van der Waals surface area (Å²) < 4.78 is 5.52. The second kappa shape index (κ2) is 8.51. The van der Waals surface area contributed by atoms with Gasteiger partial charge < -0.3 is 4.74 Å². The fraction of sp³-hybridized carbons (Fsp3) is 0.588. The van der Waals surface area contributed by atoms with Gasteiger partial charge in [-0.3, -0.25) is 10.1 Å². The average molecular weight is 307 g/mol. The zero-order valence-corrected chi connectivity index (χ0v) is 13.6. The van der Waals surface area contributed by atoms with E-state index in [9.17, 15) is 14.9 Å². The van der Waals surface area contributed by atoms with Gasteiger partial charge in [0.15, 0.2) is 0 Å². The first-order valence-corrected chi connectivity index (χ1v) is 7.83. The summed E-state index contributed by atoms with van der Waals surface area (Å²) >= 11 is 0. The second-order valence-corrected chi connectivity index (χ2v) is 6.12. The van der Waals surface area contributed by atoms with Crippen molar-refractivity contribution in [3.63, 3.8) is 0 Å². The van der Waals surface area contributed by atoms with Gasteiger partial charge in [0.2, 0.25) is 0 Å². The maximum atomic E-state index is 12.1. The van der Waals surface area contributed by atoms with E-state index in [4.69, 9.17) is 4.74 Å². The van der Waals surface area contributed by atoms with Gasteiger partial charge in [0.05, 0.1) is 10.5 Å². The van der Waals surface area contributed by atoms with Crippen LogP contribution in [0.3, 0.4) is 0 Å². The van der Waals surface area contributed by atoms with E-state index in [1.165, 1.54) is 43.5 Å². The Morgan fingerprint density at radius 2 is 1.73 bits per heavy atom. The van der Waals surface area contributed by atoms with Crippen molar-refractivity contribution in [2.24, 2.45) is 0 Å². The summed E-state index contributed by atoms with van der Waals surface area (Å²) in [6, 6.07) is 5.48. The molecule has 122 valence electrons. The van der Waals surface area contributed by atoms with Gasteiger partial charge in [0, 0.05) is 12.1 Å². The highest BCUT2D eigenvalue weighted by molar-refractivity contribution is 5.89. The Labute approximate surface area is 131 Å². The molecular weight excluding hydrogens is 282 g/mol. The third kappa shape index (κ3) is 6.24. The summed E-state index contributed by atoms with van der Waals surface area (Å²) in [4.78, 5) is 22.2. The quantitative estimate of drug-likeness (QED) is 0.282. The van der Waals surface area contributed by atoms with Gasteiger partial charge in [0.25, 0.3) is 5.69 Å². The molecule has 0 radical (unpaired) electrons. The predicted molar refractivity (Wildman–Crippen MR) is 86.0 cm³/mol. The Kier molecular flexibility index (Phi) is 7.02. The topological polar surface area (TPSA) is 69.4 Å². The van der Waals surface area contributed by atoms with E-state index < -0.39 is 16.5 Å². The van der Waals surface area contributed by atoms with Gasteiger partial charge in [-0.25, -0.2) is 4.79 Å². The predicted octanol–water partition coefficient (Wildman–Crippen LogP) is 4.89. The standard InChI is InChI=1S/C17H25NO4/c1-4-5-6-7-8-13-17(2,3)22-16(19)14-9-11-15(12-10-14)18(20)21/h9-12H,4-8,13H2,1-3H3. The van der Waals surface area contributed by atoms with Gasteiger partial charge in [-0.05, 0) is 38.8 Å². The second-order valence-electron chi connectivity index (χ2n) is 6.12. The van der Waals surface area contributed by atoms with E-state index in [2.05, 4.69) is 6.92 Å². The molecule has 5 heteroatoms. The van der Waals surface area contributed by atoms with Crippen LogP contribution in [-0.2, 0) is 4.74 Å². The molecule has 1 aromatic carbocycles. The highest BCUT2D eigenvalue weighted by Gasteiger charge is 2.23. The molecule has 22 heavy (non-hydrogen) atoms. The van der Waals surface area contributed by atoms with Crippen LogP contribution in [0, 0.1) is 10.1 Å². The number of nitro groups is 1. The van der Waals surface area contributed by atoms with Gasteiger partial charge >= 0.3 is 5.97 Å².